The van der Waals surface area contributed by atoms with E-state index in [1.807, 2.05) is 0 Å². The lowest BCUT2D eigenvalue weighted by Crippen LogP contribution is -2.13. The summed E-state index contributed by atoms with van der Waals surface area (Å²) < 4.78 is 26.4. The average Bonchev–Trinajstić information content (AvgIpc) is 3.02. The number of benzene rings is 2. The topological polar surface area (TPSA) is 54.9 Å². The molecule has 3 rings (SSSR count). The molecule has 0 spiro atoms. The van der Waals surface area contributed by atoms with Gasteiger partial charge < -0.3 is 0 Å². The molecule has 0 aliphatic rings. The van der Waals surface area contributed by atoms with Gasteiger partial charge in [0, 0.05) is 33.7 Å². The molecule has 0 bridgehead atoms. The Morgan fingerprint density at radius 2 is 1.69 bits per heavy atom. The van der Waals surface area contributed by atoms with E-state index < -0.39 is 11.8 Å². The maximum absolute atomic E-state index is 13.2. The Bertz CT molecular complexity index is 935. The quantitative estimate of drug-likeness (QED) is 0.581. The van der Waals surface area contributed by atoms with E-state index in [1.54, 1.807) is 18.2 Å². The van der Waals surface area contributed by atoms with Crippen molar-refractivity contribution in [2.24, 2.45) is 0 Å². The van der Waals surface area contributed by atoms with Gasteiger partial charge in [-0.1, -0.05) is 46.7 Å². The minimum absolute atomic E-state index is 0.162. The fourth-order valence-corrected chi connectivity index (χ4v) is 3.40. The van der Waals surface area contributed by atoms with Crippen LogP contribution < -0.4 is 5.32 Å². The molecular formula is C17H11Cl2F2N3OS. The number of carbonyl (C=O) groups excluding carboxylic acids is 1. The molecular weight excluding hydrogens is 403 g/mol. The number of alkyl halides is 2. The summed E-state index contributed by atoms with van der Waals surface area (Å²) in [4.78, 5) is 12.2. The van der Waals surface area contributed by atoms with Crippen LogP contribution in [0.3, 0.4) is 0 Å². The number of aromatic nitrogens is 2. The molecule has 3 aromatic rings. The molecule has 9 heteroatoms. The van der Waals surface area contributed by atoms with E-state index in [9.17, 15) is 13.6 Å². The average molecular weight is 414 g/mol. The van der Waals surface area contributed by atoms with Crippen molar-refractivity contribution in [2.75, 3.05) is 5.32 Å². The maximum atomic E-state index is 13.2. The molecule has 0 atom stereocenters. The van der Waals surface area contributed by atoms with E-state index in [0.29, 0.717) is 20.6 Å². The second-order valence-corrected chi connectivity index (χ2v) is 7.34. The first-order valence-corrected chi connectivity index (χ1v) is 8.89. The zero-order valence-electron chi connectivity index (χ0n) is 13.3. The van der Waals surface area contributed by atoms with E-state index in [0.717, 1.165) is 18.3 Å². The van der Waals surface area contributed by atoms with Crippen LogP contribution in [0.1, 0.15) is 22.8 Å². The number of nitrogens with one attached hydrogen (secondary N) is 1. The number of anilines is 1. The molecule has 0 radical (unpaired) electrons. The zero-order valence-corrected chi connectivity index (χ0v) is 15.6. The van der Waals surface area contributed by atoms with Crippen molar-refractivity contribution < 1.29 is 13.6 Å². The first kappa shape index (κ1) is 18.7. The summed E-state index contributed by atoms with van der Waals surface area (Å²) in [7, 11) is 0. The van der Waals surface area contributed by atoms with E-state index in [-0.39, 0.29) is 16.3 Å². The third-order valence-electron chi connectivity index (χ3n) is 3.41. The van der Waals surface area contributed by atoms with E-state index >= 15 is 0 Å². The Kier molecular flexibility index (Phi) is 5.22. The lowest BCUT2D eigenvalue weighted by atomic mass is 10.1. The normalized spacial score (nSPS) is 11.4. The predicted molar refractivity (Wildman–Crippen MR) is 99.3 cm³/mol. The summed E-state index contributed by atoms with van der Waals surface area (Å²) in [5.74, 6) is -3.43. The number of amides is 1. The van der Waals surface area contributed by atoms with Crippen molar-refractivity contribution in [1.82, 2.24) is 10.2 Å². The molecule has 1 heterocycles. The molecule has 1 aromatic heterocycles. The summed E-state index contributed by atoms with van der Waals surface area (Å²) in [6.07, 6.45) is 0. The highest BCUT2D eigenvalue weighted by atomic mass is 35.5. The molecule has 4 nitrogen and oxygen atoms in total. The highest BCUT2D eigenvalue weighted by Crippen LogP contribution is 2.31. The van der Waals surface area contributed by atoms with Gasteiger partial charge in [-0.25, -0.2) is 8.78 Å². The van der Waals surface area contributed by atoms with Gasteiger partial charge in [-0.15, -0.1) is 10.2 Å². The van der Waals surface area contributed by atoms with Crippen molar-refractivity contribution >= 4 is 45.6 Å². The molecule has 0 aliphatic carbocycles. The zero-order chi connectivity index (χ0) is 18.9. The van der Waals surface area contributed by atoms with Gasteiger partial charge in [0.15, 0.2) is 0 Å². The van der Waals surface area contributed by atoms with Crippen molar-refractivity contribution in [3.63, 3.8) is 0 Å². The maximum Gasteiger partial charge on any atom is 0.270 e. The number of halogens is 4. The van der Waals surface area contributed by atoms with Crippen molar-refractivity contribution in [2.45, 2.75) is 12.8 Å². The van der Waals surface area contributed by atoms with Crippen LogP contribution in [0.25, 0.3) is 10.6 Å². The molecule has 26 heavy (non-hydrogen) atoms. The Hall–Kier alpha value is -2.09. The third-order valence-corrected chi connectivity index (χ3v) is 4.73. The molecule has 1 amide bonds. The minimum Gasteiger partial charge on any atom is -0.296 e. The van der Waals surface area contributed by atoms with E-state index in [2.05, 4.69) is 15.5 Å². The molecule has 0 aliphatic heterocycles. The number of nitrogens with zero attached hydrogens (tertiary/aromatic N) is 2. The Morgan fingerprint density at radius 1 is 1.08 bits per heavy atom. The van der Waals surface area contributed by atoms with Crippen LogP contribution in [0, 0.1) is 0 Å². The molecule has 0 saturated heterocycles. The van der Waals surface area contributed by atoms with Crippen LogP contribution >= 0.6 is 34.5 Å². The summed E-state index contributed by atoms with van der Waals surface area (Å²) in [5.41, 5.74) is 0.751. The van der Waals surface area contributed by atoms with Gasteiger partial charge in [-0.2, -0.15) is 0 Å². The lowest BCUT2D eigenvalue weighted by molar-refractivity contribution is 0.0174. The van der Waals surface area contributed by atoms with Gasteiger partial charge in [-0.05, 0) is 30.3 Å². The van der Waals surface area contributed by atoms with Crippen molar-refractivity contribution in [3.8, 4) is 10.6 Å². The minimum atomic E-state index is -2.96. The summed E-state index contributed by atoms with van der Waals surface area (Å²) in [6.45, 7) is 0.799. The monoisotopic (exact) mass is 413 g/mol. The number of rotatable bonds is 4. The second-order valence-electron chi connectivity index (χ2n) is 5.49. The van der Waals surface area contributed by atoms with Crippen molar-refractivity contribution in [1.29, 1.82) is 0 Å². The molecule has 2 aromatic carbocycles. The third kappa shape index (κ3) is 4.35. The van der Waals surface area contributed by atoms with Crippen molar-refractivity contribution in [3.05, 3.63) is 63.6 Å². The van der Waals surface area contributed by atoms with Crippen LogP contribution in [-0.2, 0) is 5.92 Å². The van der Waals surface area contributed by atoms with Gasteiger partial charge in [0.1, 0.15) is 5.01 Å². The van der Waals surface area contributed by atoms with Gasteiger partial charge in [0.05, 0.1) is 0 Å². The number of hydrogen-bond donors (Lipinski definition) is 1. The molecule has 134 valence electrons. The van der Waals surface area contributed by atoms with Gasteiger partial charge in [0.2, 0.25) is 5.13 Å². The van der Waals surface area contributed by atoms with Crippen LogP contribution in [0.2, 0.25) is 10.0 Å². The first-order chi connectivity index (χ1) is 12.2. The highest BCUT2D eigenvalue weighted by molar-refractivity contribution is 7.18. The van der Waals surface area contributed by atoms with Crippen LogP contribution in [0.15, 0.2) is 42.5 Å². The molecule has 0 unspecified atom stereocenters. The Labute approximate surface area is 161 Å². The predicted octanol–water partition coefficient (Wildman–Crippen LogP) is 5.88. The summed E-state index contributed by atoms with van der Waals surface area (Å²) in [5, 5.41) is 12.2. The molecule has 1 N–H and O–H groups in total. The van der Waals surface area contributed by atoms with Crippen LogP contribution in [0.5, 0.6) is 0 Å². The van der Waals surface area contributed by atoms with E-state index in [1.165, 1.54) is 24.3 Å². The van der Waals surface area contributed by atoms with Gasteiger partial charge >= 0.3 is 0 Å². The smallest absolute Gasteiger partial charge is 0.270 e. The standard InChI is InChI=1S/C17H11Cl2F2N3OS/c1-17(20,21)11-4-2-9(3-5-11)14(25)22-16-24-23-15(26-16)10-6-12(18)8-13(19)7-10/h2-8H,1H3,(H,22,24,25). The highest BCUT2D eigenvalue weighted by Gasteiger charge is 2.24. The lowest BCUT2D eigenvalue weighted by Gasteiger charge is -2.10. The van der Waals surface area contributed by atoms with Crippen LogP contribution in [-0.4, -0.2) is 16.1 Å². The van der Waals surface area contributed by atoms with Crippen LogP contribution in [0.4, 0.5) is 13.9 Å². The molecule has 0 fully saturated rings. The summed E-state index contributed by atoms with van der Waals surface area (Å²) in [6, 6.07) is 10.1. The van der Waals surface area contributed by atoms with E-state index in [4.69, 9.17) is 23.2 Å². The first-order valence-electron chi connectivity index (χ1n) is 7.32. The fraction of sp³-hybridized carbons (Fsp3) is 0.118. The summed E-state index contributed by atoms with van der Waals surface area (Å²) >= 11 is 13.1. The SMILES string of the molecule is CC(F)(F)c1ccc(C(=O)Nc2nnc(-c3cc(Cl)cc(Cl)c3)s2)cc1. The molecule has 0 saturated carbocycles. The largest absolute Gasteiger partial charge is 0.296 e. The second kappa shape index (κ2) is 7.26. The number of carbonyl (C=O) groups is 1. The van der Waals surface area contributed by atoms with Gasteiger partial charge in [0.25, 0.3) is 11.8 Å². The Balaban J connectivity index is 1.75. The fourth-order valence-electron chi connectivity index (χ4n) is 2.15. The van der Waals surface area contributed by atoms with Gasteiger partial charge in [-0.3, -0.25) is 10.1 Å². The number of hydrogen-bond acceptors (Lipinski definition) is 4. The Morgan fingerprint density at radius 3 is 2.27 bits per heavy atom.